The fraction of sp³-hybridized carbons (Fsp3) is 0.600. The summed E-state index contributed by atoms with van der Waals surface area (Å²) in [7, 11) is 0. The predicted molar refractivity (Wildman–Crippen MR) is 90.9 cm³/mol. The third-order valence-electron chi connectivity index (χ3n) is 5.80. The van der Waals surface area contributed by atoms with Crippen molar-refractivity contribution in [2.75, 3.05) is 0 Å². The predicted octanol–water partition coefficient (Wildman–Crippen LogP) is 3.61. The highest BCUT2D eigenvalue weighted by molar-refractivity contribution is 5.94. The molecule has 0 fully saturated rings. The number of fused-ring (bicyclic) bond motifs is 1. The van der Waals surface area contributed by atoms with Crippen molar-refractivity contribution in [1.29, 1.82) is 0 Å². The highest BCUT2D eigenvalue weighted by atomic mass is 16.7. The van der Waals surface area contributed by atoms with E-state index in [0.717, 1.165) is 36.0 Å². The van der Waals surface area contributed by atoms with E-state index in [2.05, 4.69) is 20.4 Å². The Kier molecular flexibility index (Phi) is 4.07. The van der Waals surface area contributed by atoms with Crippen molar-refractivity contribution in [3.05, 3.63) is 34.9 Å². The lowest BCUT2D eigenvalue weighted by atomic mass is 9.61. The Morgan fingerprint density at radius 3 is 2.62 bits per heavy atom. The molecule has 4 heteroatoms. The molecule has 0 aromatic carbocycles. The molecular weight excluding hydrogens is 304 g/mol. The molecule has 2 atom stereocenters. The summed E-state index contributed by atoms with van der Waals surface area (Å²) >= 11 is 0. The molecule has 2 aliphatic carbocycles. The molecular formula is C20H26O4. The first-order valence-corrected chi connectivity index (χ1v) is 8.70. The van der Waals surface area contributed by atoms with Crippen LogP contribution in [0.15, 0.2) is 34.9 Å². The maximum absolute atomic E-state index is 12.3. The van der Waals surface area contributed by atoms with Crippen molar-refractivity contribution >= 4 is 11.8 Å². The largest absolute Gasteiger partial charge is 0.425 e. The topological polar surface area (TPSA) is 63.6 Å². The first-order chi connectivity index (χ1) is 11.1. The van der Waals surface area contributed by atoms with Gasteiger partial charge in [-0.05, 0) is 50.0 Å². The van der Waals surface area contributed by atoms with E-state index >= 15 is 0 Å². The van der Waals surface area contributed by atoms with Crippen molar-refractivity contribution < 1.29 is 19.4 Å². The average Bonchev–Trinajstić information content (AvgIpc) is 2.67. The van der Waals surface area contributed by atoms with Gasteiger partial charge in [-0.3, -0.25) is 4.79 Å². The number of esters is 1. The first-order valence-electron chi connectivity index (χ1n) is 8.70. The zero-order chi connectivity index (χ0) is 17.7. The van der Waals surface area contributed by atoms with Crippen molar-refractivity contribution in [2.24, 2.45) is 11.3 Å². The number of ketones is 1. The summed E-state index contributed by atoms with van der Waals surface area (Å²) in [5.74, 6) is -1.71. The lowest BCUT2D eigenvalue weighted by molar-refractivity contribution is -0.184. The van der Waals surface area contributed by atoms with Crippen LogP contribution in [0.1, 0.15) is 59.3 Å². The molecule has 0 aromatic heterocycles. The molecule has 0 spiro atoms. The molecule has 0 unspecified atom stereocenters. The van der Waals surface area contributed by atoms with Gasteiger partial charge in [0.25, 0.3) is 0 Å². The summed E-state index contributed by atoms with van der Waals surface area (Å²) in [6.07, 6.45) is 5.28. The van der Waals surface area contributed by atoms with Gasteiger partial charge in [-0.25, -0.2) is 4.79 Å². The molecule has 130 valence electrons. The Hall–Kier alpha value is -1.68. The van der Waals surface area contributed by atoms with Gasteiger partial charge in [0.15, 0.2) is 5.78 Å². The minimum Gasteiger partial charge on any atom is -0.425 e. The molecule has 1 N–H and O–H groups in total. The lowest BCUT2D eigenvalue weighted by Gasteiger charge is -2.43. The van der Waals surface area contributed by atoms with Crippen LogP contribution in [0.5, 0.6) is 0 Å². The van der Waals surface area contributed by atoms with Gasteiger partial charge in [-0.15, -0.1) is 0 Å². The van der Waals surface area contributed by atoms with E-state index in [1.807, 2.05) is 0 Å². The minimum atomic E-state index is -1.62. The fourth-order valence-corrected chi connectivity index (χ4v) is 4.70. The maximum atomic E-state index is 12.3. The number of aliphatic hydroxyl groups is 1. The number of ether oxygens (including phenoxy) is 1. The molecule has 0 saturated carbocycles. The summed E-state index contributed by atoms with van der Waals surface area (Å²) in [5, 5.41) is 11.2. The molecule has 2 bridgehead atoms. The second kappa shape index (κ2) is 5.69. The Bertz CT molecular complexity index is 680. The average molecular weight is 330 g/mol. The SMILES string of the molecule is C=C1CC[C@@H]2CCC3=C(C2(C)C)[C@@](O)(C/C(C)=C/C(=O)C1)OC3=O. The van der Waals surface area contributed by atoms with E-state index in [0.29, 0.717) is 24.3 Å². The Morgan fingerprint density at radius 1 is 1.25 bits per heavy atom. The van der Waals surface area contributed by atoms with Crippen LogP contribution in [0.4, 0.5) is 0 Å². The zero-order valence-corrected chi connectivity index (χ0v) is 14.8. The maximum Gasteiger partial charge on any atom is 0.336 e. The quantitative estimate of drug-likeness (QED) is 0.544. The van der Waals surface area contributed by atoms with Gasteiger partial charge in [0.05, 0.1) is 0 Å². The molecule has 24 heavy (non-hydrogen) atoms. The Morgan fingerprint density at radius 2 is 1.92 bits per heavy atom. The van der Waals surface area contributed by atoms with Crippen LogP contribution in [-0.4, -0.2) is 22.6 Å². The Labute approximate surface area is 143 Å². The number of rotatable bonds is 0. The van der Waals surface area contributed by atoms with Crippen molar-refractivity contribution in [3.8, 4) is 0 Å². The van der Waals surface area contributed by atoms with Crippen LogP contribution < -0.4 is 0 Å². The number of carbonyl (C=O) groups is 2. The smallest absolute Gasteiger partial charge is 0.336 e. The molecule has 4 nitrogen and oxygen atoms in total. The number of carbonyl (C=O) groups excluding carboxylic acids is 2. The minimum absolute atomic E-state index is 0.00961. The van der Waals surface area contributed by atoms with E-state index in [9.17, 15) is 14.7 Å². The van der Waals surface area contributed by atoms with Gasteiger partial charge < -0.3 is 9.84 Å². The summed E-state index contributed by atoms with van der Waals surface area (Å²) < 4.78 is 5.42. The van der Waals surface area contributed by atoms with Crippen molar-refractivity contribution in [2.45, 2.75) is 65.1 Å². The highest BCUT2D eigenvalue weighted by Gasteiger charge is 2.55. The monoisotopic (exact) mass is 330 g/mol. The van der Waals surface area contributed by atoms with Gasteiger partial charge in [0.1, 0.15) is 0 Å². The van der Waals surface area contributed by atoms with Crippen molar-refractivity contribution in [1.82, 2.24) is 0 Å². The summed E-state index contributed by atoms with van der Waals surface area (Å²) in [6.45, 7) is 10.0. The standard InChI is InChI=1S/C20H26O4/c1-12-5-6-14-7-8-16-17(19(14,3)4)20(23,24-18(16)22)11-13(2)10-15(21)9-12/h10,14,23H,1,5-9,11H2,2-4H3/b13-10+/t14-,20-/m1/s1. The number of hydrogen-bond acceptors (Lipinski definition) is 4. The Balaban J connectivity index is 2.10. The lowest BCUT2D eigenvalue weighted by Crippen LogP contribution is -2.42. The van der Waals surface area contributed by atoms with Crippen LogP contribution in [-0.2, 0) is 14.3 Å². The molecule has 0 radical (unpaired) electrons. The molecule has 1 aliphatic heterocycles. The molecule has 1 heterocycles. The van der Waals surface area contributed by atoms with Gasteiger partial charge in [0.2, 0.25) is 5.79 Å². The van der Waals surface area contributed by atoms with E-state index in [1.54, 1.807) is 13.0 Å². The second-order valence-electron chi connectivity index (χ2n) is 8.08. The summed E-state index contributed by atoms with van der Waals surface area (Å²) in [5.41, 5.74) is 2.71. The fourth-order valence-electron chi connectivity index (χ4n) is 4.70. The summed E-state index contributed by atoms with van der Waals surface area (Å²) in [6, 6.07) is 0. The second-order valence-corrected chi connectivity index (χ2v) is 8.08. The van der Waals surface area contributed by atoms with Crippen LogP contribution in [0.2, 0.25) is 0 Å². The number of allylic oxidation sites excluding steroid dienone is 2. The van der Waals surface area contributed by atoms with Crippen LogP contribution in [0.3, 0.4) is 0 Å². The highest BCUT2D eigenvalue weighted by Crippen LogP contribution is 2.55. The molecule has 0 aromatic rings. The zero-order valence-electron chi connectivity index (χ0n) is 14.8. The summed E-state index contributed by atoms with van der Waals surface area (Å²) in [4.78, 5) is 24.4. The van der Waals surface area contributed by atoms with E-state index in [4.69, 9.17) is 4.74 Å². The molecule has 3 aliphatic rings. The van der Waals surface area contributed by atoms with Crippen molar-refractivity contribution in [3.63, 3.8) is 0 Å². The van der Waals surface area contributed by atoms with E-state index in [-0.39, 0.29) is 17.6 Å². The first kappa shape index (κ1) is 17.2. The van der Waals surface area contributed by atoms with Gasteiger partial charge in [-0.2, -0.15) is 0 Å². The molecule has 0 amide bonds. The van der Waals surface area contributed by atoms with Crippen LogP contribution in [0.25, 0.3) is 0 Å². The van der Waals surface area contributed by atoms with E-state index in [1.165, 1.54) is 0 Å². The van der Waals surface area contributed by atoms with Crippen LogP contribution in [0, 0.1) is 11.3 Å². The van der Waals surface area contributed by atoms with Gasteiger partial charge >= 0.3 is 5.97 Å². The molecule has 3 rings (SSSR count). The third kappa shape index (κ3) is 2.77. The van der Waals surface area contributed by atoms with Crippen LogP contribution >= 0.6 is 0 Å². The van der Waals surface area contributed by atoms with E-state index < -0.39 is 11.8 Å². The molecule has 0 saturated heterocycles. The number of hydrogen-bond donors (Lipinski definition) is 1. The third-order valence-corrected chi connectivity index (χ3v) is 5.80. The normalized spacial score (nSPS) is 35.8. The van der Waals surface area contributed by atoms with Gasteiger partial charge in [-0.1, -0.05) is 31.6 Å². The van der Waals surface area contributed by atoms with Gasteiger partial charge in [0, 0.05) is 24.0 Å².